The van der Waals surface area contributed by atoms with E-state index in [9.17, 15) is 13.2 Å². The Morgan fingerprint density at radius 3 is 2.59 bits per heavy atom. The fourth-order valence-electron chi connectivity index (χ4n) is 4.42. The largest absolute Gasteiger partial charge is 0.447 e. The summed E-state index contributed by atoms with van der Waals surface area (Å²) in [5.74, 6) is 0.714. The molecule has 2 fully saturated rings. The van der Waals surface area contributed by atoms with Gasteiger partial charge >= 0.3 is 6.09 Å². The number of nitrogens with zero attached hydrogens (tertiary/aromatic N) is 4. The van der Waals surface area contributed by atoms with E-state index in [0.29, 0.717) is 25.3 Å². The predicted molar refractivity (Wildman–Crippen MR) is 121 cm³/mol. The maximum Gasteiger partial charge on any atom is 0.410 e. The van der Waals surface area contributed by atoms with Gasteiger partial charge in [0.15, 0.2) is 0 Å². The highest BCUT2D eigenvalue weighted by molar-refractivity contribution is 7.88. The van der Waals surface area contributed by atoms with Crippen LogP contribution in [-0.4, -0.2) is 85.7 Å². The normalized spacial score (nSPS) is 26.9. The standard InChI is InChI=1S/C21H35N5O5S/c1-15(2)31-21(27)26-11-5-7-18(24-32(4,28)29)19(26)14-30-17-8-12-25(16(3)13-17)20-22-9-6-10-23-20/h6,9-10,15-19,24H,5,7-8,11-14H2,1-4H3/t16-,17-,18+,19+/m1/s1. The van der Waals surface area contributed by atoms with Gasteiger partial charge in [0.25, 0.3) is 0 Å². The Morgan fingerprint density at radius 2 is 1.97 bits per heavy atom. The molecule has 1 aromatic rings. The van der Waals surface area contributed by atoms with Gasteiger partial charge in [-0.2, -0.15) is 0 Å². The van der Waals surface area contributed by atoms with E-state index < -0.39 is 28.2 Å². The van der Waals surface area contributed by atoms with Crippen molar-refractivity contribution in [3.05, 3.63) is 18.5 Å². The van der Waals surface area contributed by atoms with Crippen molar-refractivity contribution in [1.29, 1.82) is 0 Å². The van der Waals surface area contributed by atoms with Gasteiger partial charge in [-0.15, -0.1) is 0 Å². The predicted octanol–water partition coefficient (Wildman–Crippen LogP) is 1.78. The molecule has 180 valence electrons. The Labute approximate surface area is 190 Å². The van der Waals surface area contributed by atoms with Gasteiger partial charge in [-0.3, -0.25) is 0 Å². The van der Waals surface area contributed by atoms with Crippen molar-refractivity contribution < 1.29 is 22.7 Å². The van der Waals surface area contributed by atoms with Crippen molar-refractivity contribution in [3.8, 4) is 0 Å². The van der Waals surface area contributed by atoms with E-state index in [1.165, 1.54) is 0 Å². The quantitative estimate of drug-likeness (QED) is 0.643. The molecule has 32 heavy (non-hydrogen) atoms. The van der Waals surface area contributed by atoms with E-state index in [1.54, 1.807) is 37.2 Å². The van der Waals surface area contributed by atoms with Crippen LogP contribution in [0.2, 0.25) is 0 Å². The number of hydrogen-bond donors (Lipinski definition) is 1. The molecule has 4 atom stereocenters. The summed E-state index contributed by atoms with van der Waals surface area (Å²) < 4.78 is 38.2. The van der Waals surface area contributed by atoms with Gasteiger partial charge < -0.3 is 19.3 Å². The number of carbonyl (C=O) groups is 1. The molecule has 0 unspecified atom stereocenters. The second-order valence-corrected chi connectivity index (χ2v) is 10.7. The average Bonchev–Trinajstić information content (AvgIpc) is 2.71. The molecule has 1 aromatic heterocycles. The second-order valence-electron chi connectivity index (χ2n) is 8.90. The molecular weight excluding hydrogens is 434 g/mol. The fraction of sp³-hybridized carbons (Fsp3) is 0.762. The summed E-state index contributed by atoms with van der Waals surface area (Å²) >= 11 is 0. The number of ether oxygens (including phenoxy) is 2. The van der Waals surface area contributed by atoms with Crippen LogP contribution < -0.4 is 9.62 Å². The van der Waals surface area contributed by atoms with Crippen molar-refractivity contribution in [2.45, 2.75) is 76.8 Å². The maximum atomic E-state index is 12.7. The van der Waals surface area contributed by atoms with E-state index in [1.807, 2.05) is 0 Å². The number of rotatable bonds is 7. The number of amides is 1. The molecule has 0 radical (unpaired) electrons. The highest BCUT2D eigenvalue weighted by atomic mass is 32.2. The van der Waals surface area contributed by atoms with Gasteiger partial charge in [-0.25, -0.2) is 27.9 Å². The van der Waals surface area contributed by atoms with Crippen molar-refractivity contribution in [1.82, 2.24) is 19.6 Å². The lowest BCUT2D eigenvalue weighted by Crippen LogP contribution is -2.59. The van der Waals surface area contributed by atoms with E-state index in [0.717, 1.165) is 25.6 Å². The summed E-state index contributed by atoms with van der Waals surface area (Å²) in [5, 5.41) is 0. The molecule has 0 saturated carbocycles. The Hall–Kier alpha value is -1.98. The number of piperidine rings is 2. The number of hydrogen-bond acceptors (Lipinski definition) is 8. The summed E-state index contributed by atoms with van der Waals surface area (Å²) in [6.07, 6.45) is 6.88. The fourth-order valence-corrected chi connectivity index (χ4v) is 5.25. The molecule has 1 amide bonds. The minimum absolute atomic E-state index is 0.00809. The van der Waals surface area contributed by atoms with E-state index in [2.05, 4.69) is 26.5 Å². The van der Waals surface area contributed by atoms with E-state index in [4.69, 9.17) is 9.47 Å². The third-order valence-corrected chi connectivity index (χ3v) is 6.59. The van der Waals surface area contributed by atoms with Gasteiger partial charge in [0.1, 0.15) is 0 Å². The van der Waals surface area contributed by atoms with Crippen molar-refractivity contribution in [3.63, 3.8) is 0 Å². The zero-order valence-corrected chi connectivity index (χ0v) is 20.1. The molecule has 10 nitrogen and oxygen atoms in total. The topological polar surface area (TPSA) is 114 Å². The molecule has 0 spiro atoms. The van der Waals surface area contributed by atoms with Crippen LogP contribution in [0.3, 0.4) is 0 Å². The monoisotopic (exact) mass is 469 g/mol. The summed E-state index contributed by atoms with van der Waals surface area (Å²) in [5.41, 5.74) is 0. The van der Waals surface area contributed by atoms with E-state index in [-0.39, 0.29) is 24.9 Å². The molecule has 3 heterocycles. The van der Waals surface area contributed by atoms with Gasteiger partial charge in [0.2, 0.25) is 16.0 Å². The van der Waals surface area contributed by atoms with Crippen LogP contribution in [0.15, 0.2) is 18.5 Å². The minimum Gasteiger partial charge on any atom is -0.447 e. The van der Waals surface area contributed by atoms with Crippen LogP contribution in [0.4, 0.5) is 10.7 Å². The Balaban J connectivity index is 1.65. The number of sulfonamides is 1. The first kappa shape index (κ1) is 24.7. The number of carbonyl (C=O) groups excluding carboxylic acids is 1. The van der Waals surface area contributed by atoms with Gasteiger partial charge in [-0.05, 0) is 52.5 Å². The molecule has 0 aromatic carbocycles. The zero-order valence-electron chi connectivity index (χ0n) is 19.3. The molecule has 11 heteroatoms. The maximum absolute atomic E-state index is 12.7. The Morgan fingerprint density at radius 1 is 1.25 bits per heavy atom. The van der Waals surface area contributed by atoms with Crippen LogP contribution >= 0.6 is 0 Å². The lowest BCUT2D eigenvalue weighted by Gasteiger charge is -2.42. The number of aromatic nitrogens is 2. The first-order valence-corrected chi connectivity index (χ1v) is 13.1. The van der Waals surface area contributed by atoms with Crippen molar-refractivity contribution in [2.75, 3.05) is 30.9 Å². The number of likely N-dealkylation sites (tertiary alicyclic amines) is 1. The second kappa shape index (κ2) is 10.8. The summed E-state index contributed by atoms with van der Waals surface area (Å²) in [7, 11) is -3.42. The lowest BCUT2D eigenvalue weighted by atomic mass is 9.97. The van der Waals surface area contributed by atoms with Gasteiger partial charge in [-0.1, -0.05) is 0 Å². The third kappa shape index (κ3) is 6.76. The SMILES string of the molecule is CC(C)OC(=O)N1CCC[C@H](NS(C)(=O)=O)[C@@H]1CO[C@@H]1CCN(c2ncccn2)[C@H](C)C1. The average molecular weight is 470 g/mol. The number of anilines is 1. The van der Waals surface area contributed by atoms with Crippen LogP contribution in [0, 0.1) is 0 Å². The van der Waals surface area contributed by atoms with Crippen LogP contribution in [0.5, 0.6) is 0 Å². The molecule has 1 N–H and O–H groups in total. The minimum atomic E-state index is -3.42. The first-order valence-electron chi connectivity index (χ1n) is 11.2. The number of nitrogens with one attached hydrogen (secondary N) is 1. The molecule has 0 bridgehead atoms. The highest BCUT2D eigenvalue weighted by Crippen LogP contribution is 2.26. The Kier molecular flexibility index (Phi) is 8.29. The van der Waals surface area contributed by atoms with Gasteiger partial charge in [0, 0.05) is 37.6 Å². The van der Waals surface area contributed by atoms with Crippen LogP contribution in [0.1, 0.15) is 46.5 Å². The lowest BCUT2D eigenvalue weighted by molar-refractivity contribution is -0.0274. The summed E-state index contributed by atoms with van der Waals surface area (Å²) in [6, 6.07) is 1.17. The molecule has 2 aliphatic heterocycles. The van der Waals surface area contributed by atoms with Crippen molar-refractivity contribution >= 4 is 22.1 Å². The molecular formula is C21H35N5O5S. The molecule has 0 aliphatic carbocycles. The first-order chi connectivity index (χ1) is 15.1. The summed E-state index contributed by atoms with van der Waals surface area (Å²) in [6.45, 7) is 7.25. The van der Waals surface area contributed by atoms with E-state index >= 15 is 0 Å². The zero-order chi connectivity index (χ0) is 23.3. The van der Waals surface area contributed by atoms with Crippen LogP contribution in [-0.2, 0) is 19.5 Å². The smallest absolute Gasteiger partial charge is 0.410 e. The summed E-state index contributed by atoms with van der Waals surface area (Å²) in [4.78, 5) is 25.2. The van der Waals surface area contributed by atoms with Crippen LogP contribution in [0.25, 0.3) is 0 Å². The molecule has 3 rings (SSSR count). The van der Waals surface area contributed by atoms with Crippen molar-refractivity contribution in [2.24, 2.45) is 0 Å². The highest BCUT2D eigenvalue weighted by Gasteiger charge is 2.38. The molecule has 2 aliphatic rings. The van der Waals surface area contributed by atoms with Gasteiger partial charge in [0.05, 0.1) is 31.1 Å². The third-order valence-electron chi connectivity index (χ3n) is 5.86. The Bertz CT molecular complexity index is 853. The molecule has 2 saturated heterocycles.